The number of nitrogens with two attached hydrogens (primary N) is 1. The lowest BCUT2D eigenvalue weighted by molar-refractivity contribution is 0.0383. The Balaban J connectivity index is 2.14. The van der Waals surface area contributed by atoms with Crippen LogP contribution >= 0.6 is 0 Å². The first-order valence-electron chi connectivity index (χ1n) is 5.77. The molecule has 1 aliphatic heterocycles. The molecule has 0 aromatic carbocycles. The maximum Gasteiger partial charge on any atom is 0.0682 e. The highest BCUT2D eigenvalue weighted by molar-refractivity contribution is 5.18. The van der Waals surface area contributed by atoms with E-state index in [-0.39, 0.29) is 6.04 Å². The number of nitrogens with one attached hydrogen (secondary N) is 1. The second-order valence-corrected chi connectivity index (χ2v) is 4.38. The standard InChI is InChI=1S/C12H19N3O/c1-9-4-5-14-11(7-9)12(15-13)10-3-2-6-16-8-10/h4-5,7,10,12,15H,2-3,6,8,13H2,1H3. The van der Waals surface area contributed by atoms with Crippen LogP contribution in [0.25, 0.3) is 0 Å². The smallest absolute Gasteiger partial charge is 0.0682 e. The predicted octanol–water partition coefficient (Wildman–Crippen LogP) is 1.32. The van der Waals surface area contributed by atoms with Crippen LogP contribution < -0.4 is 11.3 Å². The van der Waals surface area contributed by atoms with Crippen molar-refractivity contribution in [3.05, 3.63) is 29.6 Å². The summed E-state index contributed by atoms with van der Waals surface area (Å²) in [5.74, 6) is 6.06. The van der Waals surface area contributed by atoms with E-state index in [4.69, 9.17) is 10.6 Å². The first kappa shape index (κ1) is 11.5. The van der Waals surface area contributed by atoms with Gasteiger partial charge in [-0.1, -0.05) is 0 Å². The highest BCUT2D eigenvalue weighted by atomic mass is 16.5. The van der Waals surface area contributed by atoms with Crippen molar-refractivity contribution in [3.8, 4) is 0 Å². The van der Waals surface area contributed by atoms with E-state index in [9.17, 15) is 0 Å². The Morgan fingerprint density at radius 3 is 3.12 bits per heavy atom. The summed E-state index contributed by atoms with van der Waals surface area (Å²) in [5, 5.41) is 0. The van der Waals surface area contributed by atoms with E-state index in [1.807, 2.05) is 12.3 Å². The molecule has 1 fully saturated rings. The van der Waals surface area contributed by atoms with E-state index in [1.165, 1.54) is 5.56 Å². The number of rotatable bonds is 3. The van der Waals surface area contributed by atoms with Crippen molar-refractivity contribution in [2.24, 2.45) is 11.8 Å². The highest BCUT2D eigenvalue weighted by Crippen LogP contribution is 2.27. The summed E-state index contributed by atoms with van der Waals surface area (Å²) in [6.07, 6.45) is 4.08. The molecule has 1 aromatic rings. The quantitative estimate of drug-likeness (QED) is 0.597. The third kappa shape index (κ3) is 2.58. The molecule has 1 aliphatic rings. The van der Waals surface area contributed by atoms with Crippen LogP contribution in [0.1, 0.15) is 30.1 Å². The third-order valence-electron chi connectivity index (χ3n) is 3.10. The fourth-order valence-corrected chi connectivity index (χ4v) is 2.22. The lowest BCUT2D eigenvalue weighted by atomic mass is 9.91. The van der Waals surface area contributed by atoms with Crippen LogP contribution in [0.2, 0.25) is 0 Å². The molecule has 4 nitrogen and oxygen atoms in total. The average Bonchev–Trinajstić information content (AvgIpc) is 2.31. The van der Waals surface area contributed by atoms with Gasteiger partial charge in [-0.2, -0.15) is 0 Å². The van der Waals surface area contributed by atoms with Gasteiger partial charge in [0.15, 0.2) is 0 Å². The highest BCUT2D eigenvalue weighted by Gasteiger charge is 2.25. The number of hydrazine groups is 1. The Kier molecular flexibility index (Phi) is 3.88. The van der Waals surface area contributed by atoms with Crippen LogP contribution in [-0.2, 0) is 4.74 Å². The first-order valence-corrected chi connectivity index (χ1v) is 5.77. The van der Waals surface area contributed by atoms with E-state index in [0.29, 0.717) is 5.92 Å². The predicted molar refractivity (Wildman–Crippen MR) is 62.6 cm³/mol. The Bertz CT molecular complexity index is 337. The van der Waals surface area contributed by atoms with Crippen molar-refractivity contribution in [2.75, 3.05) is 13.2 Å². The second-order valence-electron chi connectivity index (χ2n) is 4.38. The fourth-order valence-electron chi connectivity index (χ4n) is 2.22. The van der Waals surface area contributed by atoms with Crippen molar-refractivity contribution >= 4 is 0 Å². The minimum atomic E-state index is 0.0974. The largest absolute Gasteiger partial charge is 0.381 e. The van der Waals surface area contributed by atoms with E-state index >= 15 is 0 Å². The molecule has 0 spiro atoms. The summed E-state index contributed by atoms with van der Waals surface area (Å²) >= 11 is 0. The Hall–Kier alpha value is -0.970. The van der Waals surface area contributed by atoms with Crippen molar-refractivity contribution in [3.63, 3.8) is 0 Å². The number of nitrogens with zero attached hydrogens (tertiary/aromatic N) is 1. The maximum absolute atomic E-state index is 5.64. The summed E-state index contributed by atoms with van der Waals surface area (Å²) in [6.45, 7) is 3.70. The minimum Gasteiger partial charge on any atom is -0.381 e. The van der Waals surface area contributed by atoms with Gasteiger partial charge in [-0.05, 0) is 37.5 Å². The molecule has 16 heavy (non-hydrogen) atoms. The normalized spacial score (nSPS) is 23.0. The van der Waals surface area contributed by atoms with Gasteiger partial charge < -0.3 is 4.74 Å². The second kappa shape index (κ2) is 5.39. The van der Waals surface area contributed by atoms with Crippen LogP contribution in [0.4, 0.5) is 0 Å². The average molecular weight is 221 g/mol. The molecule has 1 aromatic heterocycles. The molecule has 2 heterocycles. The number of aromatic nitrogens is 1. The van der Waals surface area contributed by atoms with Crippen molar-refractivity contribution in [1.29, 1.82) is 0 Å². The SMILES string of the molecule is Cc1ccnc(C(NN)C2CCCOC2)c1. The van der Waals surface area contributed by atoms with Gasteiger partial charge in [0.1, 0.15) is 0 Å². The van der Waals surface area contributed by atoms with Crippen LogP contribution in [0, 0.1) is 12.8 Å². The van der Waals surface area contributed by atoms with Crippen molar-refractivity contribution in [2.45, 2.75) is 25.8 Å². The Morgan fingerprint density at radius 1 is 1.62 bits per heavy atom. The van der Waals surface area contributed by atoms with Crippen LogP contribution in [-0.4, -0.2) is 18.2 Å². The summed E-state index contributed by atoms with van der Waals surface area (Å²) < 4.78 is 5.49. The van der Waals surface area contributed by atoms with Gasteiger partial charge in [-0.25, -0.2) is 0 Å². The first-order chi connectivity index (χ1) is 7.81. The van der Waals surface area contributed by atoms with Gasteiger partial charge in [0.25, 0.3) is 0 Å². The summed E-state index contributed by atoms with van der Waals surface area (Å²) in [7, 11) is 0. The molecule has 0 bridgehead atoms. The molecule has 88 valence electrons. The fraction of sp³-hybridized carbons (Fsp3) is 0.583. The van der Waals surface area contributed by atoms with Crippen molar-refractivity contribution in [1.82, 2.24) is 10.4 Å². The van der Waals surface area contributed by atoms with Crippen LogP contribution in [0.3, 0.4) is 0 Å². The lowest BCUT2D eigenvalue weighted by Crippen LogP contribution is -2.37. The van der Waals surface area contributed by atoms with Gasteiger partial charge in [0.2, 0.25) is 0 Å². The Labute approximate surface area is 96.2 Å². The summed E-state index contributed by atoms with van der Waals surface area (Å²) in [5.41, 5.74) is 5.09. The molecule has 0 radical (unpaired) electrons. The minimum absolute atomic E-state index is 0.0974. The van der Waals surface area contributed by atoms with E-state index in [2.05, 4.69) is 23.4 Å². The lowest BCUT2D eigenvalue weighted by Gasteiger charge is -2.29. The monoisotopic (exact) mass is 221 g/mol. The summed E-state index contributed by atoms with van der Waals surface area (Å²) in [6, 6.07) is 4.17. The van der Waals surface area contributed by atoms with Gasteiger partial charge in [0, 0.05) is 18.7 Å². The number of hydrogen-bond donors (Lipinski definition) is 2. The van der Waals surface area contributed by atoms with E-state index in [1.54, 1.807) is 0 Å². The topological polar surface area (TPSA) is 60.2 Å². The summed E-state index contributed by atoms with van der Waals surface area (Å²) in [4.78, 5) is 4.39. The molecule has 0 amide bonds. The molecule has 0 saturated carbocycles. The zero-order chi connectivity index (χ0) is 11.4. The molecule has 3 N–H and O–H groups in total. The molecular weight excluding hydrogens is 202 g/mol. The number of ether oxygens (including phenoxy) is 1. The van der Waals surface area contributed by atoms with Gasteiger partial charge in [-0.3, -0.25) is 16.3 Å². The zero-order valence-electron chi connectivity index (χ0n) is 9.65. The molecule has 2 atom stereocenters. The zero-order valence-corrected chi connectivity index (χ0v) is 9.65. The van der Waals surface area contributed by atoms with Gasteiger partial charge >= 0.3 is 0 Å². The molecule has 1 saturated heterocycles. The van der Waals surface area contributed by atoms with Gasteiger partial charge in [0.05, 0.1) is 18.3 Å². The van der Waals surface area contributed by atoms with Crippen LogP contribution in [0.15, 0.2) is 18.3 Å². The molecule has 2 rings (SSSR count). The van der Waals surface area contributed by atoms with E-state index < -0.39 is 0 Å². The number of hydrogen-bond acceptors (Lipinski definition) is 4. The molecule has 4 heteroatoms. The Morgan fingerprint density at radius 2 is 2.50 bits per heavy atom. The maximum atomic E-state index is 5.64. The third-order valence-corrected chi connectivity index (χ3v) is 3.10. The van der Waals surface area contributed by atoms with Crippen LogP contribution in [0.5, 0.6) is 0 Å². The van der Waals surface area contributed by atoms with E-state index in [0.717, 1.165) is 31.7 Å². The number of pyridine rings is 1. The molecular formula is C12H19N3O. The molecule has 0 aliphatic carbocycles. The van der Waals surface area contributed by atoms with Gasteiger partial charge in [-0.15, -0.1) is 0 Å². The van der Waals surface area contributed by atoms with Crippen molar-refractivity contribution < 1.29 is 4.74 Å². The number of aryl methyl sites for hydroxylation is 1. The molecule has 2 unspecified atom stereocenters.